The molecule has 0 amide bonds. The number of rotatable bonds is 7. The summed E-state index contributed by atoms with van der Waals surface area (Å²) >= 11 is 0. The second-order valence-electron chi connectivity index (χ2n) is 5.19. The molecule has 0 atom stereocenters. The molecule has 1 aromatic carbocycles. The third-order valence-electron chi connectivity index (χ3n) is 3.26. The summed E-state index contributed by atoms with van der Waals surface area (Å²) in [6, 6.07) is 10.7. The van der Waals surface area contributed by atoms with Crippen LogP contribution in [0.15, 0.2) is 42.6 Å². The first-order chi connectivity index (χ1) is 10.2. The Morgan fingerprint density at radius 2 is 2.05 bits per heavy atom. The van der Waals surface area contributed by atoms with Crippen molar-refractivity contribution in [2.24, 2.45) is 0 Å². The van der Waals surface area contributed by atoms with Gasteiger partial charge in [-0.05, 0) is 42.3 Å². The molecule has 1 aromatic heterocycles. The fraction of sp³-hybridized carbons (Fsp3) is 0.353. The van der Waals surface area contributed by atoms with Gasteiger partial charge >= 0.3 is 0 Å². The summed E-state index contributed by atoms with van der Waals surface area (Å²) in [6.07, 6.45) is 3.02. The van der Waals surface area contributed by atoms with Crippen LogP contribution in [0.3, 0.4) is 0 Å². The largest absolute Gasteiger partial charge is 0.355 e. The Kier molecular flexibility index (Phi) is 5.69. The van der Waals surface area contributed by atoms with Crippen molar-refractivity contribution in [3.05, 3.63) is 59.5 Å². The molecule has 2 aromatic rings. The van der Waals surface area contributed by atoms with Crippen molar-refractivity contribution in [1.82, 2.24) is 10.3 Å². The molecule has 21 heavy (non-hydrogen) atoms. The van der Waals surface area contributed by atoms with Crippen LogP contribution in [0.2, 0.25) is 0 Å². The molecule has 0 radical (unpaired) electrons. The van der Waals surface area contributed by atoms with E-state index in [1.54, 1.807) is 12.1 Å². The van der Waals surface area contributed by atoms with E-state index in [2.05, 4.69) is 23.3 Å². The molecule has 0 unspecified atom stereocenters. The van der Waals surface area contributed by atoms with Crippen molar-refractivity contribution in [2.75, 3.05) is 18.5 Å². The lowest BCUT2D eigenvalue weighted by atomic mass is 10.2. The maximum absolute atomic E-state index is 13.2. The summed E-state index contributed by atoms with van der Waals surface area (Å²) in [5, 5.41) is 3.35. The predicted octanol–water partition coefficient (Wildman–Crippen LogP) is 3.36. The van der Waals surface area contributed by atoms with Gasteiger partial charge in [0.1, 0.15) is 11.6 Å². The SMILES string of the molecule is CCCNCc1ccc(N(C)Cc2cccc(F)c2)nc1. The van der Waals surface area contributed by atoms with Crippen LogP contribution < -0.4 is 10.2 Å². The Hall–Kier alpha value is -1.94. The van der Waals surface area contributed by atoms with Crippen LogP contribution in [-0.4, -0.2) is 18.6 Å². The summed E-state index contributed by atoms with van der Waals surface area (Å²) in [5.41, 5.74) is 2.11. The Morgan fingerprint density at radius 1 is 1.19 bits per heavy atom. The molecule has 0 saturated carbocycles. The van der Waals surface area contributed by atoms with Crippen molar-refractivity contribution in [3.8, 4) is 0 Å². The van der Waals surface area contributed by atoms with Crippen LogP contribution in [0.4, 0.5) is 10.2 Å². The molecule has 0 fully saturated rings. The second-order valence-corrected chi connectivity index (χ2v) is 5.19. The van der Waals surface area contributed by atoms with Crippen molar-refractivity contribution in [3.63, 3.8) is 0 Å². The minimum Gasteiger partial charge on any atom is -0.355 e. The van der Waals surface area contributed by atoms with Gasteiger partial charge in [-0.25, -0.2) is 9.37 Å². The van der Waals surface area contributed by atoms with Crippen LogP contribution in [-0.2, 0) is 13.1 Å². The van der Waals surface area contributed by atoms with E-state index in [1.165, 1.54) is 11.6 Å². The van der Waals surface area contributed by atoms with Gasteiger partial charge in [-0.1, -0.05) is 25.1 Å². The molecule has 4 heteroatoms. The molecule has 0 saturated heterocycles. The molecule has 0 aliphatic carbocycles. The first-order valence-corrected chi connectivity index (χ1v) is 7.30. The number of halogens is 1. The van der Waals surface area contributed by atoms with Crippen molar-refractivity contribution in [1.29, 1.82) is 0 Å². The predicted molar refractivity (Wildman–Crippen MR) is 84.7 cm³/mol. The van der Waals surface area contributed by atoms with Crippen LogP contribution >= 0.6 is 0 Å². The molecule has 3 nitrogen and oxygen atoms in total. The highest BCUT2D eigenvalue weighted by Gasteiger charge is 2.04. The van der Waals surface area contributed by atoms with E-state index in [0.717, 1.165) is 30.9 Å². The van der Waals surface area contributed by atoms with Gasteiger partial charge in [-0.15, -0.1) is 0 Å². The van der Waals surface area contributed by atoms with Crippen molar-refractivity contribution < 1.29 is 4.39 Å². The van der Waals surface area contributed by atoms with E-state index in [9.17, 15) is 4.39 Å². The number of nitrogens with one attached hydrogen (secondary N) is 1. The Bertz CT molecular complexity index is 554. The standard InChI is InChI=1S/C17H22FN3/c1-3-9-19-11-15-7-8-17(20-12-15)21(2)13-14-5-4-6-16(18)10-14/h4-8,10,12,19H,3,9,11,13H2,1-2H3. The van der Waals surface area contributed by atoms with Gasteiger partial charge in [-0.2, -0.15) is 0 Å². The van der Waals surface area contributed by atoms with E-state index in [-0.39, 0.29) is 5.82 Å². The number of anilines is 1. The smallest absolute Gasteiger partial charge is 0.128 e. The zero-order chi connectivity index (χ0) is 15.1. The zero-order valence-electron chi connectivity index (χ0n) is 12.6. The highest BCUT2D eigenvalue weighted by Crippen LogP contribution is 2.14. The fourth-order valence-electron chi connectivity index (χ4n) is 2.15. The lowest BCUT2D eigenvalue weighted by Gasteiger charge is -2.18. The summed E-state index contributed by atoms with van der Waals surface area (Å²) in [5.74, 6) is 0.685. The number of hydrogen-bond acceptors (Lipinski definition) is 3. The fourth-order valence-corrected chi connectivity index (χ4v) is 2.15. The molecule has 1 N–H and O–H groups in total. The van der Waals surface area contributed by atoms with Gasteiger partial charge in [0.25, 0.3) is 0 Å². The van der Waals surface area contributed by atoms with Gasteiger partial charge in [0.05, 0.1) is 0 Å². The molecule has 0 bridgehead atoms. The minimum atomic E-state index is -0.203. The van der Waals surface area contributed by atoms with Gasteiger partial charge in [0.15, 0.2) is 0 Å². The van der Waals surface area contributed by atoms with E-state index in [1.807, 2.05) is 30.3 Å². The van der Waals surface area contributed by atoms with E-state index >= 15 is 0 Å². The number of nitrogens with zero attached hydrogens (tertiary/aromatic N) is 2. The molecule has 112 valence electrons. The van der Waals surface area contributed by atoms with Gasteiger partial charge < -0.3 is 10.2 Å². The van der Waals surface area contributed by atoms with Gasteiger partial charge in [0.2, 0.25) is 0 Å². The Balaban J connectivity index is 1.94. The average molecular weight is 287 g/mol. The van der Waals surface area contributed by atoms with E-state index < -0.39 is 0 Å². The maximum Gasteiger partial charge on any atom is 0.128 e. The number of benzene rings is 1. The van der Waals surface area contributed by atoms with Gasteiger partial charge in [-0.3, -0.25) is 0 Å². The number of pyridine rings is 1. The lowest BCUT2D eigenvalue weighted by Crippen LogP contribution is -2.18. The highest BCUT2D eigenvalue weighted by molar-refractivity contribution is 5.39. The normalized spacial score (nSPS) is 10.6. The van der Waals surface area contributed by atoms with Gasteiger partial charge in [0, 0.05) is 26.3 Å². The third-order valence-corrected chi connectivity index (χ3v) is 3.26. The minimum absolute atomic E-state index is 0.203. The average Bonchev–Trinajstić information content (AvgIpc) is 2.48. The Labute approximate surface area is 125 Å². The molecule has 2 rings (SSSR count). The monoisotopic (exact) mass is 287 g/mol. The summed E-state index contributed by atoms with van der Waals surface area (Å²) in [4.78, 5) is 6.48. The van der Waals surface area contributed by atoms with E-state index in [4.69, 9.17) is 0 Å². The van der Waals surface area contributed by atoms with Crippen LogP contribution in [0.1, 0.15) is 24.5 Å². The summed E-state index contributed by atoms with van der Waals surface area (Å²) in [7, 11) is 1.96. The number of aromatic nitrogens is 1. The molecular formula is C17H22FN3. The highest BCUT2D eigenvalue weighted by atomic mass is 19.1. The maximum atomic E-state index is 13.2. The topological polar surface area (TPSA) is 28.2 Å². The van der Waals surface area contributed by atoms with E-state index in [0.29, 0.717) is 6.54 Å². The van der Waals surface area contributed by atoms with Crippen molar-refractivity contribution in [2.45, 2.75) is 26.4 Å². The van der Waals surface area contributed by atoms with Crippen molar-refractivity contribution >= 4 is 5.82 Å². The summed E-state index contributed by atoms with van der Waals surface area (Å²) < 4.78 is 13.2. The molecule has 0 aliphatic rings. The second kappa shape index (κ2) is 7.74. The van der Waals surface area contributed by atoms with Crippen LogP contribution in [0.5, 0.6) is 0 Å². The first-order valence-electron chi connectivity index (χ1n) is 7.30. The molecular weight excluding hydrogens is 265 g/mol. The lowest BCUT2D eigenvalue weighted by molar-refractivity contribution is 0.625. The van der Waals surface area contributed by atoms with Crippen LogP contribution in [0, 0.1) is 5.82 Å². The molecule has 0 spiro atoms. The quantitative estimate of drug-likeness (QED) is 0.792. The third kappa shape index (κ3) is 4.83. The summed E-state index contributed by atoms with van der Waals surface area (Å²) in [6.45, 7) is 4.64. The molecule has 0 aliphatic heterocycles. The Morgan fingerprint density at radius 3 is 2.71 bits per heavy atom. The van der Waals surface area contributed by atoms with Crippen LogP contribution in [0.25, 0.3) is 0 Å². The first kappa shape index (κ1) is 15.4. The number of hydrogen-bond donors (Lipinski definition) is 1. The molecule has 1 heterocycles. The zero-order valence-corrected chi connectivity index (χ0v) is 12.6.